The van der Waals surface area contributed by atoms with Crippen molar-refractivity contribution < 1.29 is 19.4 Å². The van der Waals surface area contributed by atoms with E-state index in [0.717, 1.165) is 0 Å². The molecule has 2 N–H and O–H groups in total. The minimum Gasteiger partial charge on any atom is -0.489 e. The Bertz CT molecular complexity index is 525. The third-order valence-electron chi connectivity index (χ3n) is 3.10. The second-order valence-electron chi connectivity index (χ2n) is 5.47. The van der Waals surface area contributed by atoms with Gasteiger partial charge in [0.25, 0.3) is 5.91 Å². The Labute approximate surface area is 131 Å². The normalized spacial score (nSPS) is 11.8. The molecule has 0 spiro atoms. The Hall–Kier alpha value is -2.30. The van der Waals surface area contributed by atoms with Crippen LogP contribution >= 0.6 is 0 Å². The SMILES string of the molecule is C=CCOc1ccccc1C(=O)NCC(CC(C)C)C(=O)O. The largest absolute Gasteiger partial charge is 0.489 e. The van der Waals surface area contributed by atoms with Crippen molar-refractivity contribution in [2.75, 3.05) is 13.2 Å². The van der Waals surface area contributed by atoms with Crippen molar-refractivity contribution in [3.63, 3.8) is 0 Å². The summed E-state index contributed by atoms with van der Waals surface area (Å²) in [5, 5.41) is 11.9. The van der Waals surface area contributed by atoms with E-state index in [1.807, 2.05) is 13.8 Å². The van der Waals surface area contributed by atoms with E-state index in [2.05, 4.69) is 11.9 Å². The summed E-state index contributed by atoms with van der Waals surface area (Å²) in [5.41, 5.74) is 0.387. The highest BCUT2D eigenvalue weighted by molar-refractivity contribution is 5.97. The summed E-state index contributed by atoms with van der Waals surface area (Å²) in [6, 6.07) is 6.85. The molecule has 0 aliphatic carbocycles. The summed E-state index contributed by atoms with van der Waals surface area (Å²) in [4.78, 5) is 23.4. The molecule has 22 heavy (non-hydrogen) atoms. The van der Waals surface area contributed by atoms with Crippen molar-refractivity contribution in [2.45, 2.75) is 20.3 Å². The Morgan fingerprint density at radius 3 is 2.64 bits per heavy atom. The van der Waals surface area contributed by atoms with Crippen LogP contribution in [0.3, 0.4) is 0 Å². The Balaban J connectivity index is 2.72. The number of rotatable bonds is 9. The van der Waals surface area contributed by atoms with Crippen LogP contribution in [0.5, 0.6) is 5.75 Å². The molecule has 0 saturated carbocycles. The molecule has 0 aliphatic rings. The first kappa shape index (κ1) is 17.8. The fraction of sp³-hybridized carbons (Fsp3) is 0.412. The van der Waals surface area contributed by atoms with Gasteiger partial charge in [0, 0.05) is 6.54 Å². The number of carboxylic acids is 1. The van der Waals surface area contributed by atoms with E-state index in [-0.39, 0.29) is 18.4 Å². The van der Waals surface area contributed by atoms with Gasteiger partial charge in [-0.25, -0.2) is 0 Å². The fourth-order valence-corrected chi connectivity index (χ4v) is 2.08. The van der Waals surface area contributed by atoms with Gasteiger partial charge >= 0.3 is 5.97 Å². The molecule has 1 aromatic carbocycles. The van der Waals surface area contributed by atoms with Gasteiger partial charge in [0.1, 0.15) is 12.4 Å². The summed E-state index contributed by atoms with van der Waals surface area (Å²) < 4.78 is 5.43. The predicted molar refractivity (Wildman–Crippen MR) is 85.0 cm³/mol. The molecule has 0 heterocycles. The van der Waals surface area contributed by atoms with Crippen molar-refractivity contribution >= 4 is 11.9 Å². The van der Waals surface area contributed by atoms with E-state index in [1.165, 1.54) is 0 Å². The number of hydrogen-bond acceptors (Lipinski definition) is 3. The molecule has 1 atom stereocenters. The Morgan fingerprint density at radius 2 is 2.05 bits per heavy atom. The molecule has 0 saturated heterocycles. The lowest BCUT2D eigenvalue weighted by Gasteiger charge is -2.16. The van der Waals surface area contributed by atoms with Crippen LogP contribution in [0.1, 0.15) is 30.6 Å². The van der Waals surface area contributed by atoms with Gasteiger partial charge in [-0.2, -0.15) is 0 Å². The summed E-state index contributed by atoms with van der Waals surface area (Å²) in [5.74, 6) is -1.12. The molecule has 0 fully saturated rings. The van der Waals surface area contributed by atoms with Crippen molar-refractivity contribution in [1.82, 2.24) is 5.32 Å². The Morgan fingerprint density at radius 1 is 1.36 bits per heavy atom. The molecule has 120 valence electrons. The number of para-hydroxylation sites is 1. The first-order valence-electron chi connectivity index (χ1n) is 7.29. The van der Waals surface area contributed by atoms with Crippen LogP contribution in [-0.2, 0) is 4.79 Å². The molecular weight excluding hydrogens is 282 g/mol. The highest BCUT2D eigenvalue weighted by Crippen LogP contribution is 2.18. The first-order valence-corrected chi connectivity index (χ1v) is 7.29. The van der Waals surface area contributed by atoms with Crippen LogP contribution in [0.2, 0.25) is 0 Å². The standard InChI is InChI=1S/C17H23NO4/c1-4-9-22-15-8-6-5-7-14(15)16(19)18-11-13(17(20)21)10-12(2)3/h4-8,12-13H,1,9-11H2,2-3H3,(H,18,19)(H,20,21). The molecule has 5 nitrogen and oxygen atoms in total. The predicted octanol–water partition coefficient (Wildman–Crippen LogP) is 2.73. The van der Waals surface area contributed by atoms with Gasteiger partial charge in [-0.05, 0) is 24.5 Å². The zero-order valence-electron chi connectivity index (χ0n) is 13.0. The molecule has 1 aromatic rings. The lowest BCUT2D eigenvalue weighted by atomic mass is 9.97. The second kappa shape index (κ2) is 8.87. The lowest BCUT2D eigenvalue weighted by molar-refractivity contribution is -0.142. The van der Waals surface area contributed by atoms with Crippen LogP contribution < -0.4 is 10.1 Å². The molecule has 1 rings (SSSR count). The smallest absolute Gasteiger partial charge is 0.308 e. The monoisotopic (exact) mass is 305 g/mol. The van der Waals surface area contributed by atoms with Crippen LogP contribution in [0.4, 0.5) is 0 Å². The maximum Gasteiger partial charge on any atom is 0.308 e. The van der Waals surface area contributed by atoms with Crippen LogP contribution in [0.25, 0.3) is 0 Å². The minimum absolute atomic E-state index is 0.0993. The molecule has 1 unspecified atom stereocenters. The minimum atomic E-state index is -0.898. The number of nitrogens with one attached hydrogen (secondary N) is 1. The van der Waals surface area contributed by atoms with Gasteiger partial charge in [-0.15, -0.1) is 0 Å². The van der Waals surface area contributed by atoms with Gasteiger partial charge in [-0.1, -0.05) is 38.6 Å². The van der Waals surface area contributed by atoms with Crippen molar-refractivity contribution in [2.24, 2.45) is 11.8 Å². The van der Waals surface area contributed by atoms with Crippen LogP contribution in [0.15, 0.2) is 36.9 Å². The summed E-state index contributed by atoms with van der Waals surface area (Å²) >= 11 is 0. The third kappa shape index (κ3) is 5.60. The first-order chi connectivity index (χ1) is 10.5. The van der Waals surface area contributed by atoms with E-state index >= 15 is 0 Å². The summed E-state index contributed by atoms with van der Waals surface area (Å²) in [6.45, 7) is 7.88. The number of aliphatic carboxylic acids is 1. The maximum atomic E-state index is 12.2. The maximum absolute atomic E-state index is 12.2. The van der Waals surface area contributed by atoms with E-state index < -0.39 is 11.9 Å². The highest BCUT2D eigenvalue weighted by Gasteiger charge is 2.20. The topological polar surface area (TPSA) is 75.6 Å². The van der Waals surface area contributed by atoms with Gasteiger partial charge in [0.15, 0.2) is 0 Å². The molecular formula is C17H23NO4. The third-order valence-corrected chi connectivity index (χ3v) is 3.10. The van der Waals surface area contributed by atoms with E-state index in [9.17, 15) is 14.7 Å². The lowest BCUT2D eigenvalue weighted by Crippen LogP contribution is -2.33. The molecule has 1 amide bonds. The quantitative estimate of drug-likeness (QED) is 0.688. The van der Waals surface area contributed by atoms with Crippen LogP contribution in [-0.4, -0.2) is 30.1 Å². The van der Waals surface area contributed by atoms with E-state index in [0.29, 0.717) is 24.3 Å². The number of carboxylic acid groups (broad SMARTS) is 1. The molecule has 0 bridgehead atoms. The number of amides is 1. The number of carbonyl (C=O) groups excluding carboxylic acids is 1. The zero-order valence-corrected chi connectivity index (χ0v) is 13.0. The Kier molecular flexibility index (Phi) is 7.16. The average Bonchev–Trinajstić information content (AvgIpc) is 2.48. The molecule has 0 aromatic heterocycles. The summed E-state index contributed by atoms with van der Waals surface area (Å²) in [7, 11) is 0. The number of hydrogen-bond donors (Lipinski definition) is 2. The van der Waals surface area contributed by atoms with Gasteiger partial charge < -0.3 is 15.2 Å². The van der Waals surface area contributed by atoms with Gasteiger partial charge in [0.2, 0.25) is 0 Å². The van der Waals surface area contributed by atoms with E-state index in [1.54, 1.807) is 30.3 Å². The molecule has 5 heteroatoms. The number of carbonyl (C=O) groups is 2. The van der Waals surface area contributed by atoms with Crippen molar-refractivity contribution in [1.29, 1.82) is 0 Å². The fourth-order valence-electron chi connectivity index (χ4n) is 2.08. The zero-order chi connectivity index (χ0) is 16.5. The summed E-state index contributed by atoms with van der Waals surface area (Å²) in [6.07, 6.45) is 2.11. The van der Waals surface area contributed by atoms with Gasteiger partial charge in [0.05, 0.1) is 11.5 Å². The average molecular weight is 305 g/mol. The number of benzene rings is 1. The molecule has 0 radical (unpaired) electrons. The van der Waals surface area contributed by atoms with Gasteiger partial charge in [-0.3, -0.25) is 9.59 Å². The molecule has 0 aliphatic heterocycles. The van der Waals surface area contributed by atoms with E-state index in [4.69, 9.17) is 4.74 Å². The van der Waals surface area contributed by atoms with Crippen LogP contribution in [0, 0.1) is 11.8 Å². The highest BCUT2D eigenvalue weighted by atomic mass is 16.5. The second-order valence-corrected chi connectivity index (χ2v) is 5.47. The number of ether oxygens (including phenoxy) is 1. The van der Waals surface area contributed by atoms with Crippen molar-refractivity contribution in [3.8, 4) is 5.75 Å². The van der Waals surface area contributed by atoms with Crippen molar-refractivity contribution in [3.05, 3.63) is 42.5 Å².